The maximum absolute atomic E-state index is 12.0. The van der Waals surface area contributed by atoms with Crippen molar-refractivity contribution in [1.29, 1.82) is 0 Å². The number of carbonyl (C=O) groups excluding carboxylic acids is 2. The monoisotopic (exact) mass is 377 g/mol. The summed E-state index contributed by atoms with van der Waals surface area (Å²) in [5.41, 5.74) is 0.378. The van der Waals surface area contributed by atoms with Gasteiger partial charge in [-0.3, -0.25) is 9.59 Å². The number of nitrogens with one attached hydrogen (secondary N) is 1. The van der Waals surface area contributed by atoms with Gasteiger partial charge < -0.3 is 19.9 Å². The summed E-state index contributed by atoms with van der Waals surface area (Å²) in [5.74, 6) is -1.36. The second-order valence-corrected chi connectivity index (χ2v) is 7.11. The molecule has 0 saturated heterocycles. The molecule has 0 aliphatic heterocycles. The van der Waals surface area contributed by atoms with Gasteiger partial charge in [0.15, 0.2) is 0 Å². The van der Waals surface area contributed by atoms with E-state index in [-0.39, 0.29) is 19.4 Å². The van der Waals surface area contributed by atoms with Gasteiger partial charge in [0.2, 0.25) is 6.29 Å². The number of carboxylic acids is 1. The molecule has 0 aromatic heterocycles. The van der Waals surface area contributed by atoms with Crippen molar-refractivity contribution in [2.75, 3.05) is 6.54 Å². The highest BCUT2D eigenvalue weighted by Crippen LogP contribution is 2.38. The third-order valence-electron chi connectivity index (χ3n) is 4.81. The zero-order chi connectivity index (χ0) is 19.7. The molecule has 0 spiro atoms. The minimum Gasteiger partial charge on any atom is -0.481 e. The smallest absolute Gasteiger partial charge is 0.410 e. The Kier molecular flexibility index (Phi) is 7.64. The average molecular weight is 377 g/mol. The summed E-state index contributed by atoms with van der Waals surface area (Å²) in [5, 5.41) is 11.8. The number of ether oxygens (including phenoxy) is 2. The van der Waals surface area contributed by atoms with Crippen molar-refractivity contribution in [2.45, 2.75) is 58.2 Å². The molecule has 0 radical (unpaired) electrons. The van der Waals surface area contributed by atoms with Gasteiger partial charge in [0.1, 0.15) is 0 Å². The molecular formula is C20H27NO6. The van der Waals surface area contributed by atoms with E-state index >= 15 is 0 Å². The number of esters is 1. The second-order valence-electron chi connectivity index (χ2n) is 7.11. The predicted molar refractivity (Wildman–Crippen MR) is 98.0 cm³/mol. The highest BCUT2D eigenvalue weighted by atomic mass is 16.7. The molecule has 1 unspecified atom stereocenters. The Morgan fingerprint density at radius 2 is 1.78 bits per heavy atom. The summed E-state index contributed by atoms with van der Waals surface area (Å²) in [4.78, 5) is 35.0. The molecule has 1 aromatic rings. The van der Waals surface area contributed by atoms with Crippen LogP contribution < -0.4 is 5.32 Å². The number of carboxylic acid groups (broad SMARTS) is 1. The molecule has 148 valence electrons. The maximum atomic E-state index is 12.0. The normalized spacial score (nSPS) is 16.8. The van der Waals surface area contributed by atoms with Crippen LogP contribution in [0, 0.1) is 5.41 Å². The fourth-order valence-corrected chi connectivity index (χ4v) is 3.50. The molecule has 27 heavy (non-hydrogen) atoms. The van der Waals surface area contributed by atoms with E-state index < -0.39 is 29.7 Å². The summed E-state index contributed by atoms with van der Waals surface area (Å²) in [7, 11) is 0. The van der Waals surface area contributed by atoms with Crippen LogP contribution in [-0.2, 0) is 25.5 Å². The van der Waals surface area contributed by atoms with E-state index in [9.17, 15) is 14.4 Å². The molecule has 7 heteroatoms. The molecule has 2 rings (SSSR count). The molecule has 2 N–H and O–H groups in total. The number of hydrogen-bond acceptors (Lipinski definition) is 5. The van der Waals surface area contributed by atoms with Crippen molar-refractivity contribution in [3.8, 4) is 0 Å². The van der Waals surface area contributed by atoms with Crippen molar-refractivity contribution in [3.05, 3.63) is 35.9 Å². The number of carbonyl (C=O) groups is 3. The van der Waals surface area contributed by atoms with Crippen molar-refractivity contribution in [2.24, 2.45) is 5.41 Å². The van der Waals surface area contributed by atoms with Crippen LogP contribution in [-0.4, -0.2) is 36.0 Å². The van der Waals surface area contributed by atoms with Crippen LogP contribution in [0.25, 0.3) is 0 Å². The lowest BCUT2D eigenvalue weighted by Gasteiger charge is -2.36. The van der Waals surface area contributed by atoms with E-state index in [1.807, 2.05) is 30.3 Å². The molecule has 1 fully saturated rings. The molecule has 0 heterocycles. The van der Waals surface area contributed by atoms with E-state index in [2.05, 4.69) is 5.32 Å². The number of alkyl carbamates (subject to hydrolysis) is 1. The molecule has 7 nitrogen and oxygen atoms in total. The quantitative estimate of drug-likeness (QED) is 0.532. The van der Waals surface area contributed by atoms with Crippen molar-refractivity contribution >= 4 is 18.0 Å². The van der Waals surface area contributed by atoms with Crippen molar-refractivity contribution in [1.82, 2.24) is 5.32 Å². The first-order valence-electron chi connectivity index (χ1n) is 9.28. The largest absolute Gasteiger partial charge is 0.481 e. The first-order valence-corrected chi connectivity index (χ1v) is 9.28. The standard InChI is InChI=1S/C20H27NO6/c1-15(26-18(24)12-16-8-4-2-5-9-16)27-19(25)21-14-20(13-17(22)23)10-6-3-7-11-20/h2,4-5,8-9,15H,3,6-7,10-14H2,1H3,(H,21,25)(H,22,23). The number of rotatable bonds is 8. The molecule has 1 aliphatic carbocycles. The van der Waals surface area contributed by atoms with Gasteiger partial charge in [0, 0.05) is 13.5 Å². The van der Waals surface area contributed by atoms with Crippen molar-refractivity contribution in [3.63, 3.8) is 0 Å². The third-order valence-corrected chi connectivity index (χ3v) is 4.81. The highest BCUT2D eigenvalue weighted by molar-refractivity contribution is 5.73. The Labute approximate surface area is 159 Å². The lowest BCUT2D eigenvalue weighted by Crippen LogP contribution is -2.41. The van der Waals surface area contributed by atoms with Gasteiger partial charge in [0.25, 0.3) is 0 Å². The fraction of sp³-hybridized carbons (Fsp3) is 0.550. The lowest BCUT2D eigenvalue weighted by molar-refractivity contribution is -0.164. The lowest BCUT2D eigenvalue weighted by atomic mass is 9.72. The predicted octanol–water partition coefficient (Wildman–Crippen LogP) is 3.27. The number of amides is 1. The Morgan fingerprint density at radius 1 is 1.11 bits per heavy atom. The molecule has 1 amide bonds. The topological polar surface area (TPSA) is 102 Å². The van der Waals surface area contributed by atoms with Gasteiger partial charge in [-0.2, -0.15) is 0 Å². The van der Waals surface area contributed by atoms with Crippen LogP contribution in [0.4, 0.5) is 4.79 Å². The number of aliphatic carboxylic acids is 1. The van der Waals surface area contributed by atoms with E-state index in [0.29, 0.717) is 0 Å². The van der Waals surface area contributed by atoms with E-state index in [0.717, 1.165) is 37.7 Å². The SMILES string of the molecule is CC(OC(=O)Cc1ccccc1)OC(=O)NCC1(CC(=O)O)CCCCC1. The second kappa shape index (κ2) is 9.94. The maximum Gasteiger partial charge on any atom is 0.410 e. The minimum absolute atomic E-state index is 0.0227. The Balaban J connectivity index is 1.76. The highest BCUT2D eigenvalue weighted by Gasteiger charge is 2.35. The number of benzene rings is 1. The number of hydrogen-bond donors (Lipinski definition) is 2. The van der Waals surface area contributed by atoms with Gasteiger partial charge in [-0.15, -0.1) is 0 Å². The average Bonchev–Trinajstić information content (AvgIpc) is 2.61. The first-order chi connectivity index (χ1) is 12.9. The van der Waals surface area contributed by atoms with Crippen LogP contribution in [0.3, 0.4) is 0 Å². The van der Waals surface area contributed by atoms with Gasteiger partial charge in [-0.25, -0.2) is 4.79 Å². The Hall–Kier alpha value is -2.57. The summed E-state index contributed by atoms with van der Waals surface area (Å²) >= 11 is 0. The van der Waals surface area contributed by atoms with Gasteiger partial charge >= 0.3 is 18.0 Å². The molecule has 1 saturated carbocycles. The van der Waals surface area contributed by atoms with Gasteiger partial charge in [-0.05, 0) is 23.8 Å². The van der Waals surface area contributed by atoms with Crippen LogP contribution in [0.2, 0.25) is 0 Å². The molecule has 0 bridgehead atoms. The summed E-state index contributed by atoms with van der Waals surface area (Å²) in [6.07, 6.45) is 2.90. The van der Waals surface area contributed by atoms with E-state index in [1.54, 1.807) is 0 Å². The molecule has 1 aromatic carbocycles. The van der Waals surface area contributed by atoms with Crippen LogP contribution in [0.1, 0.15) is 51.0 Å². The first kappa shape index (κ1) is 20.7. The van der Waals surface area contributed by atoms with Crippen molar-refractivity contribution < 1.29 is 29.0 Å². The zero-order valence-corrected chi connectivity index (χ0v) is 15.6. The zero-order valence-electron chi connectivity index (χ0n) is 15.6. The third kappa shape index (κ3) is 7.29. The van der Waals surface area contributed by atoms with Crippen LogP contribution in [0.5, 0.6) is 0 Å². The fourth-order valence-electron chi connectivity index (χ4n) is 3.50. The van der Waals surface area contributed by atoms with Crippen LogP contribution in [0.15, 0.2) is 30.3 Å². The summed E-state index contributed by atoms with van der Waals surface area (Å²) < 4.78 is 10.1. The Morgan fingerprint density at radius 3 is 2.41 bits per heavy atom. The molecule has 1 aliphatic rings. The van der Waals surface area contributed by atoms with E-state index in [1.165, 1.54) is 6.92 Å². The van der Waals surface area contributed by atoms with Gasteiger partial charge in [0.05, 0.1) is 12.8 Å². The molecule has 1 atom stereocenters. The van der Waals surface area contributed by atoms with Crippen LogP contribution >= 0.6 is 0 Å². The minimum atomic E-state index is -1.03. The summed E-state index contributed by atoms with van der Waals surface area (Å²) in [6, 6.07) is 9.13. The van der Waals surface area contributed by atoms with Gasteiger partial charge in [-0.1, -0.05) is 49.6 Å². The van der Waals surface area contributed by atoms with E-state index in [4.69, 9.17) is 14.6 Å². The Bertz CT molecular complexity index is 639. The summed E-state index contributed by atoms with van der Waals surface area (Å²) in [6.45, 7) is 1.71. The molecular weight excluding hydrogens is 350 g/mol.